The summed E-state index contributed by atoms with van der Waals surface area (Å²) < 4.78 is 0. The van der Waals surface area contributed by atoms with Gasteiger partial charge < -0.3 is 12.4 Å². The molecular weight excluding hydrogens is 329 g/mol. The summed E-state index contributed by atoms with van der Waals surface area (Å²) in [5, 5.41) is 0. The van der Waals surface area contributed by atoms with E-state index in [9.17, 15) is 0 Å². The molecule has 0 spiro atoms. The molecule has 0 nitrogen and oxygen atoms in total. The molecular formula is C17H32ClNiP. The minimum atomic E-state index is 0. The molecule has 0 aromatic heterocycles. The Labute approximate surface area is 145 Å². The molecule has 0 atom stereocenters. The van der Waals surface area contributed by atoms with Gasteiger partial charge in [-0.05, 0) is 36.2 Å². The van der Waals surface area contributed by atoms with Gasteiger partial charge in [0.1, 0.15) is 0 Å². The van der Waals surface area contributed by atoms with Gasteiger partial charge >= 0.3 is 16.5 Å². The van der Waals surface area contributed by atoms with Crippen LogP contribution in [0.15, 0.2) is 18.2 Å². The summed E-state index contributed by atoms with van der Waals surface area (Å²) in [6, 6.07) is 0. The van der Waals surface area contributed by atoms with E-state index in [2.05, 4.69) is 53.7 Å². The SMILES string of the molecule is CC(C)CP(CC(C)C)CC(C)C.[C-]1=CC=CC1.[Cl-].[Ni+2]. The maximum Gasteiger partial charge on any atom is 2.00 e. The summed E-state index contributed by atoms with van der Waals surface area (Å²) in [6.45, 7) is 14.1. The normalized spacial score (nSPS) is 12.5. The molecule has 20 heavy (non-hydrogen) atoms. The van der Waals surface area contributed by atoms with Gasteiger partial charge in [-0.1, -0.05) is 41.5 Å². The van der Waals surface area contributed by atoms with Gasteiger partial charge in [-0.25, -0.2) is 12.2 Å². The van der Waals surface area contributed by atoms with Gasteiger partial charge in [-0.2, -0.15) is 6.08 Å². The number of halogens is 1. The Kier molecular flexibility index (Phi) is 20.6. The monoisotopic (exact) mass is 360 g/mol. The van der Waals surface area contributed by atoms with E-state index in [0.29, 0.717) is 7.92 Å². The fourth-order valence-electron chi connectivity index (χ4n) is 2.11. The van der Waals surface area contributed by atoms with Crippen molar-refractivity contribution in [3.05, 3.63) is 24.3 Å². The third-order valence-corrected chi connectivity index (χ3v) is 6.20. The fourth-order valence-corrected chi connectivity index (χ4v) is 5.66. The van der Waals surface area contributed by atoms with E-state index in [1.807, 2.05) is 12.2 Å². The van der Waals surface area contributed by atoms with E-state index in [0.717, 1.165) is 24.2 Å². The topological polar surface area (TPSA) is 0 Å². The summed E-state index contributed by atoms with van der Waals surface area (Å²) in [5.41, 5.74) is 0. The van der Waals surface area contributed by atoms with Gasteiger partial charge in [0.15, 0.2) is 0 Å². The van der Waals surface area contributed by atoms with Crippen molar-refractivity contribution in [1.82, 2.24) is 0 Å². The van der Waals surface area contributed by atoms with E-state index >= 15 is 0 Å². The number of rotatable bonds is 6. The maximum atomic E-state index is 2.99. The van der Waals surface area contributed by atoms with E-state index < -0.39 is 0 Å². The zero-order valence-corrected chi connectivity index (χ0v) is 16.6. The maximum absolute atomic E-state index is 2.99. The Morgan fingerprint density at radius 3 is 1.45 bits per heavy atom. The molecule has 0 fully saturated rings. The second-order valence-electron chi connectivity index (χ2n) is 6.40. The van der Waals surface area contributed by atoms with E-state index in [4.69, 9.17) is 0 Å². The summed E-state index contributed by atoms with van der Waals surface area (Å²) >= 11 is 0. The standard InChI is InChI=1S/C12H27P.C5H5.ClH.Ni/c1-10(2)7-13(8-11(3)4)9-12(5)6;1-2-4-5-3-1;;/h10-12H,7-9H2,1-6H3;1-3H,4H2;1H;/q;-1;;+2/p-1. The van der Waals surface area contributed by atoms with Crippen molar-refractivity contribution in [2.24, 2.45) is 17.8 Å². The van der Waals surface area contributed by atoms with Gasteiger partial charge in [-0.3, -0.25) is 6.08 Å². The number of hydrogen-bond donors (Lipinski definition) is 0. The smallest absolute Gasteiger partial charge is 1.00 e. The molecule has 122 valence electrons. The first-order valence-electron chi connectivity index (χ1n) is 7.35. The minimum absolute atomic E-state index is 0. The van der Waals surface area contributed by atoms with Crippen LogP contribution in [-0.4, -0.2) is 18.5 Å². The van der Waals surface area contributed by atoms with Crippen molar-refractivity contribution < 1.29 is 28.9 Å². The Hall–Kier alpha value is 0.694. The Morgan fingerprint density at radius 2 is 1.30 bits per heavy atom. The molecule has 0 unspecified atom stereocenters. The van der Waals surface area contributed by atoms with Gasteiger partial charge in [0.05, 0.1) is 0 Å². The second-order valence-corrected chi connectivity index (χ2v) is 8.84. The fraction of sp³-hybridized carbons (Fsp3) is 0.765. The van der Waals surface area contributed by atoms with Crippen LogP contribution in [0.25, 0.3) is 0 Å². The summed E-state index contributed by atoms with van der Waals surface area (Å²) in [7, 11) is 0.321. The summed E-state index contributed by atoms with van der Waals surface area (Å²) in [5.74, 6) is 2.68. The third kappa shape index (κ3) is 18.7. The zero-order valence-electron chi connectivity index (χ0n) is 13.9. The predicted octanol–water partition coefficient (Wildman–Crippen LogP) is 2.74. The molecule has 0 aromatic rings. The van der Waals surface area contributed by atoms with Crippen LogP contribution >= 0.6 is 7.92 Å². The number of allylic oxidation sites excluding steroid dienone is 4. The molecule has 1 aliphatic carbocycles. The van der Waals surface area contributed by atoms with Gasteiger partial charge in [-0.15, -0.1) is 14.3 Å². The Balaban J connectivity index is -0.000000348. The molecule has 0 saturated heterocycles. The minimum Gasteiger partial charge on any atom is -1.00 e. The first-order chi connectivity index (χ1) is 8.41. The molecule has 0 bridgehead atoms. The van der Waals surface area contributed by atoms with Crippen molar-refractivity contribution in [3.8, 4) is 0 Å². The molecule has 1 aliphatic rings. The molecule has 0 heterocycles. The van der Waals surface area contributed by atoms with E-state index in [1.54, 1.807) is 0 Å². The average molecular weight is 362 g/mol. The average Bonchev–Trinajstić information content (AvgIpc) is 2.70. The van der Waals surface area contributed by atoms with Crippen molar-refractivity contribution in [2.75, 3.05) is 18.5 Å². The van der Waals surface area contributed by atoms with Gasteiger partial charge in [0, 0.05) is 0 Å². The second kappa shape index (κ2) is 16.1. The Bertz CT molecular complexity index is 214. The Morgan fingerprint density at radius 1 is 0.900 bits per heavy atom. The number of hydrogen-bond acceptors (Lipinski definition) is 0. The van der Waals surface area contributed by atoms with E-state index in [-0.39, 0.29) is 28.9 Å². The van der Waals surface area contributed by atoms with Crippen LogP contribution in [0.4, 0.5) is 0 Å². The molecule has 1 rings (SSSR count). The predicted molar refractivity (Wildman–Crippen MR) is 87.6 cm³/mol. The summed E-state index contributed by atoms with van der Waals surface area (Å²) in [6.07, 6.45) is 14.4. The van der Waals surface area contributed by atoms with Crippen molar-refractivity contribution >= 4 is 7.92 Å². The molecule has 0 amide bonds. The quantitative estimate of drug-likeness (QED) is 0.388. The summed E-state index contributed by atoms with van der Waals surface area (Å²) in [4.78, 5) is 0. The molecule has 0 saturated carbocycles. The van der Waals surface area contributed by atoms with Gasteiger partial charge in [0.2, 0.25) is 0 Å². The molecule has 0 N–H and O–H groups in total. The zero-order chi connectivity index (χ0) is 14.0. The van der Waals surface area contributed by atoms with Crippen LogP contribution in [0, 0.1) is 23.8 Å². The van der Waals surface area contributed by atoms with Crippen LogP contribution < -0.4 is 12.4 Å². The van der Waals surface area contributed by atoms with Crippen molar-refractivity contribution in [2.45, 2.75) is 48.0 Å². The van der Waals surface area contributed by atoms with Crippen LogP contribution in [0.2, 0.25) is 0 Å². The van der Waals surface area contributed by atoms with Crippen molar-refractivity contribution in [1.29, 1.82) is 0 Å². The van der Waals surface area contributed by atoms with Crippen LogP contribution in [-0.2, 0) is 16.5 Å². The third-order valence-electron chi connectivity index (χ3n) is 2.46. The van der Waals surface area contributed by atoms with Gasteiger partial charge in [0.25, 0.3) is 0 Å². The molecule has 0 aromatic carbocycles. The van der Waals surface area contributed by atoms with Crippen LogP contribution in [0.5, 0.6) is 0 Å². The first kappa shape index (κ1) is 25.6. The molecule has 0 aliphatic heterocycles. The van der Waals surface area contributed by atoms with Crippen LogP contribution in [0.1, 0.15) is 48.0 Å². The van der Waals surface area contributed by atoms with Crippen LogP contribution in [0.3, 0.4) is 0 Å². The van der Waals surface area contributed by atoms with Crippen molar-refractivity contribution in [3.63, 3.8) is 0 Å². The van der Waals surface area contributed by atoms with E-state index in [1.165, 1.54) is 18.5 Å². The first-order valence-corrected chi connectivity index (χ1v) is 9.25. The molecule has 3 heteroatoms. The largest absolute Gasteiger partial charge is 2.00 e. The molecule has 0 radical (unpaired) electrons.